The Hall–Kier alpha value is -1.06. The van der Waals surface area contributed by atoms with Crippen molar-refractivity contribution in [3.63, 3.8) is 0 Å². The van der Waals surface area contributed by atoms with Crippen LogP contribution in [-0.2, 0) is 19.1 Å². The molecule has 0 unspecified atom stereocenters. The summed E-state index contributed by atoms with van der Waals surface area (Å²) in [6.45, 7) is 10.2. The second kappa shape index (κ2) is 30.9. The summed E-state index contributed by atoms with van der Waals surface area (Å²) in [5.74, 6) is 1.14. The van der Waals surface area contributed by atoms with E-state index in [1.165, 1.54) is 128 Å². The molecule has 0 radical (unpaired) electrons. The number of carbonyl (C=O) groups is 2. The maximum absolute atomic E-state index is 11.9. The Kier molecular flexibility index (Phi) is 30.1. The van der Waals surface area contributed by atoms with Crippen LogP contribution in [0.2, 0.25) is 0 Å². The fraction of sp³-hybridized carbons (Fsp3) is 0.944. The summed E-state index contributed by atoms with van der Waals surface area (Å²) < 4.78 is 10.6. The molecule has 0 heterocycles. The van der Waals surface area contributed by atoms with Crippen LogP contribution in [0.1, 0.15) is 195 Å². The third-order valence-corrected chi connectivity index (χ3v) is 7.91. The van der Waals surface area contributed by atoms with Crippen molar-refractivity contribution in [2.45, 2.75) is 195 Å². The van der Waals surface area contributed by atoms with E-state index in [2.05, 4.69) is 27.7 Å². The summed E-state index contributed by atoms with van der Waals surface area (Å²) in [6.07, 6.45) is 31.4. The van der Waals surface area contributed by atoms with E-state index in [0.717, 1.165) is 37.5 Å². The molecule has 4 nitrogen and oxygen atoms in total. The molecule has 0 aliphatic rings. The molecule has 0 spiro atoms. The molecule has 0 aromatic carbocycles. The Bertz CT molecular complexity index is 495. The van der Waals surface area contributed by atoms with Gasteiger partial charge >= 0.3 is 11.9 Å². The zero-order chi connectivity index (χ0) is 29.5. The van der Waals surface area contributed by atoms with Gasteiger partial charge in [0.25, 0.3) is 0 Å². The molecule has 0 aromatic rings. The van der Waals surface area contributed by atoms with Crippen LogP contribution in [0.3, 0.4) is 0 Å². The summed E-state index contributed by atoms with van der Waals surface area (Å²) in [7, 11) is 0. The topological polar surface area (TPSA) is 52.6 Å². The molecule has 238 valence electrons. The van der Waals surface area contributed by atoms with Gasteiger partial charge < -0.3 is 9.47 Å². The van der Waals surface area contributed by atoms with Crippen molar-refractivity contribution in [3.8, 4) is 0 Å². The van der Waals surface area contributed by atoms with E-state index in [-0.39, 0.29) is 24.8 Å². The van der Waals surface area contributed by atoms with Gasteiger partial charge in [-0.05, 0) is 24.7 Å². The molecule has 0 aliphatic heterocycles. The Morgan fingerprint density at radius 1 is 0.375 bits per heavy atom. The first-order chi connectivity index (χ1) is 19.4. The lowest BCUT2D eigenvalue weighted by Gasteiger charge is -2.07. The van der Waals surface area contributed by atoms with Crippen molar-refractivity contribution in [1.29, 1.82) is 0 Å². The summed E-state index contributed by atoms with van der Waals surface area (Å²) in [5.41, 5.74) is 0. The Morgan fingerprint density at radius 3 is 0.850 bits per heavy atom. The molecular weight excluding hydrogens is 496 g/mol. The molecule has 0 rings (SSSR count). The molecule has 0 saturated carbocycles. The fourth-order valence-corrected chi connectivity index (χ4v) is 5.21. The highest BCUT2D eigenvalue weighted by molar-refractivity contribution is 5.77. The molecular formula is C36H70O4. The summed E-state index contributed by atoms with van der Waals surface area (Å²) in [5, 5.41) is 0. The van der Waals surface area contributed by atoms with Gasteiger partial charge in [0.15, 0.2) is 0 Å². The van der Waals surface area contributed by atoms with Gasteiger partial charge in [0.1, 0.15) is 0 Å². The second-order valence-electron chi connectivity index (χ2n) is 13.1. The lowest BCUT2D eigenvalue weighted by atomic mass is 10.0. The highest BCUT2D eigenvalue weighted by Gasteiger charge is 2.09. The van der Waals surface area contributed by atoms with E-state index in [0.29, 0.717) is 13.2 Å². The predicted octanol–water partition coefficient (Wildman–Crippen LogP) is 11.5. The van der Waals surface area contributed by atoms with E-state index in [9.17, 15) is 9.59 Å². The molecule has 4 heteroatoms. The molecule has 0 saturated heterocycles. The smallest absolute Gasteiger partial charge is 0.306 e. The van der Waals surface area contributed by atoms with Crippen LogP contribution in [0.5, 0.6) is 0 Å². The minimum atomic E-state index is -0.277. The maximum atomic E-state index is 11.9. The van der Waals surface area contributed by atoms with Gasteiger partial charge in [0.05, 0.1) is 26.1 Å². The van der Waals surface area contributed by atoms with Crippen molar-refractivity contribution in [2.24, 2.45) is 11.8 Å². The first kappa shape index (κ1) is 38.9. The molecule has 40 heavy (non-hydrogen) atoms. The summed E-state index contributed by atoms with van der Waals surface area (Å²) in [4.78, 5) is 23.7. The highest BCUT2D eigenvalue weighted by atomic mass is 16.5. The second-order valence-corrected chi connectivity index (χ2v) is 13.1. The lowest BCUT2D eigenvalue weighted by Crippen LogP contribution is -2.11. The molecule has 0 fully saturated rings. The Balaban J connectivity index is 3.29. The largest absolute Gasteiger partial charge is 0.466 e. The number of hydrogen-bond acceptors (Lipinski definition) is 4. The number of ether oxygens (including phenoxy) is 2. The Morgan fingerprint density at radius 2 is 0.600 bits per heavy atom. The number of rotatable bonds is 31. The van der Waals surface area contributed by atoms with Crippen LogP contribution < -0.4 is 0 Å². The number of hydrogen-bond donors (Lipinski definition) is 0. The monoisotopic (exact) mass is 567 g/mol. The van der Waals surface area contributed by atoms with E-state index in [1.807, 2.05) is 0 Å². The SMILES string of the molecule is CC(C)CCCCCCCCCCCCCOC(=O)CCC(=O)OCCCCCCCCCCCCCC(C)C. The van der Waals surface area contributed by atoms with Gasteiger partial charge in [-0.1, -0.05) is 169 Å². The van der Waals surface area contributed by atoms with Crippen LogP contribution in [0.15, 0.2) is 0 Å². The van der Waals surface area contributed by atoms with Gasteiger partial charge in [-0.2, -0.15) is 0 Å². The van der Waals surface area contributed by atoms with Crippen molar-refractivity contribution < 1.29 is 19.1 Å². The number of esters is 2. The van der Waals surface area contributed by atoms with Crippen molar-refractivity contribution in [3.05, 3.63) is 0 Å². The van der Waals surface area contributed by atoms with Gasteiger partial charge in [-0.25, -0.2) is 0 Å². The van der Waals surface area contributed by atoms with Gasteiger partial charge in [0, 0.05) is 0 Å². The molecule has 0 atom stereocenters. The Labute approximate surface area is 250 Å². The fourth-order valence-electron chi connectivity index (χ4n) is 5.21. The van der Waals surface area contributed by atoms with Gasteiger partial charge in [-0.3, -0.25) is 9.59 Å². The van der Waals surface area contributed by atoms with Crippen LogP contribution in [0, 0.1) is 11.8 Å². The van der Waals surface area contributed by atoms with Crippen molar-refractivity contribution in [2.75, 3.05) is 13.2 Å². The van der Waals surface area contributed by atoms with E-state index < -0.39 is 0 Å². The number of carbonyl (C=O) groups excluding carboxylic acids is 2. The quantitative estimate of drug-likeness (QED) is 0.0618. The van der Waals surface area contributed by atoms with Crippen LogP contribution in [-0.4, -0.2) is 25.2 Å². The molecule has 0 N–H and O–H groups in total. The van der Waals surface area contributed by atoms with Crippen molar-refractivity contribution >= 4 is 11.9 Å². The van der Waals surface area contributed by atoms with Crippen LogP contribution >= 0.6 is 0 Å². The van der Waals surface area contributed by atoms with Crippen LogP contribution in [0.25, 0.3) is 0 Å². The molecule has 0 aromatic heterocycles. The standard InChI is InChI=1S/C36H70O4/c1-33(2)27-23-19-15-11-7-5-9-13-17-21-25-31-39-35(37)29-30-36(38)40-32-26-22-18-14-10-6-8-12-16-20-24-28-34(3)4/h33-34H,5-32H2,1-4H3. The average Bonchev–Trinajstić information content (AvgIpc) is 2.91. The van der Waals surface area contributed by atoms with E-state index in [1.54, 1.807) is 0 Å². The van der Waals surface area contributed by atoms with Crippen LogP contribution in [0.4, 0.5) is 0 Å². The zero-order valence-corrected chi connectivity index (χ0v) is 27.6. The normalized spacial score (nSPS) is 11.4. The summed E-state index contributed by atoms with van der Waals surface area (Å²) >= 11 is 0. The van der Waals surface area contributed by atoms with Crippen molar-refractivity contribution in [1.82, 2.24) is 0 Å². The highest BCUT2D eigenvalue weighted by Crippen LogP contribution is 2.15. The minimum absolute atomic E-state index is 0.133. The minimum Gasteiger partial charge on any atom is -0.466 e. The third kappa shape index (κ3) is 33.1. The first-order valence-corrected chi connectivity index (χ1v) is 17.7. The zero-order valence-electron chi connectivity index (χ0n) is 27.6. The third-order valence-electron chi connectivity index (χ3n) is 7.91. The van der Waals surface area contributed by atoms with Gasteiger partial charge in [-0.15, -0.1) is 0 Å². The maximum Gasteiger partial charge on any atom is 0.306 e. The van der Waals surface area contributed by atoms with Gasteiger partial charge in [0.2, 0.25) is 0 Å². The van der Waals surface area contributed by atoms with E-state index in [4.69, 9.17) is 9.47 Å². The first-order valence-electron chi connectivity index (χ1n) is 17.7. The predicted molar refractivity (Wildman–Crippen MR) is 172 cm³/mol. The average molecular weight is 567 g/mol. The molecule has 0 aliphatic carbocycles. The van der Waals surface area contributed by atoms with E-state index >= 15 is 0 Å². The number of unbranched alkanes of at least 4 members (excludes halogenated alkanes) is 20. The molecule has 0 bridgehead atoms. The molecule has 0 amide bonds. The summed E-state index contributed by atoms with van der Waals surface area (Å²) in [6, 6.07) is 0. The lowest BCUT2D eigenvalue weighted by molar-refractivity contribution is -0.150.